The predicted octanol–water partition coefficient (Wildman–Crippen LogP) is 2.69. The lowest BCUT2D eigenvalue weighted by Gasteiger charge is -2.30. The van der Waals surface area contributed by atoms with Crippen LogP contribution < -0.4 is 5.32 Å². The van der Waals surface area contributed by atoms with Crippen molar-refractivity contribution >= 4 is 21.9 Å². The lowest BCUT2D eigenvalue weighted by atomic mass is 9.98. The van der Waals surface area contributed by atoms with Gasteiger partial charge in [-0.2, -0.15) is 4.31 Å². The largest absolute Gasteiger partial charge is 0.452 e. The number of carbonyl (C=O) groups is 2. The second kappa shape index (κ2) is 10.7. The number of esters is 1. The molecule has 8 heteroatoms. The van der Waals surface area contributed by atoms with E-state index in [1.807, 2.05) is 37.3 Å². The van der Waals surface area contributed by atoms with Gasteiger partial charge in [0.25, 0.3) is 5.91 Å². The summed E-state index contributed by atoms with van der Waals surface area (Å²) in [6.45, 7) is 4.39. The van der Waals surface area contributed by atoms with Crippen molar-refractivity contribution < 1.29 is 22.7 Å². The molecule has 0 spiro atoms. The first-order valence-corrected chi connectivity index (χ1v) is 12.3. The first-order chi connectivity index (χ1) is 15.3. The van der Waals surface area contributed by atoms with Gasteiger partial charge in [-0.15, -0.1) is 0 Å². The van der Waals surface area contributed by atoms with E-state index in [2.05, 4.69) is 5.32 Å². The lowest BCUT2D eigenvalue weighted by molar-refractivity contribution is -0.159. The van der Waals surface area contributed by atoms with E-state index < -0.39 is 28.0 Å². The summed E-state index contributed by atoms with van der Waals surface area (Å²) in [6.07, 6.45) is 0.535. The highest BCUT2D eigenvalue weighted by Gasteiger charge is 2.33. The average Bonchev–Trinajstić information content (AvgIpc) is 2.80. The summed E-state index contributed by atoms with van der Waals surface area (Å²) in [4.78, 5) is 25.0. The van der Waals surface area contributed by atoms with Gasteiger partial charge in [-0.1, -0.05) is 48.0 Å². The number of amides is 1. The second-order valence-corrected chi connectivity index (χ2v) is 10.0. The standard InChI is InChI=1S/C24H30N2O5S/c1-18-8-10-22(11-9-18)32(29,30)26-16-13-21(14-17-26)24(28)31-19(2)23(27)25-15-12-20-6-4-3-5-7-20/h3-11,19,21H,12-17H2,1-2H3,(H,25,27). The number of piperidine rings is 1. The number of ether oxygens (including phenoxy) is 1. The number of hydrogen-bond acceptors (Lipinski definition) is 5. The summed E-state index contributed by atoms with van der Waals surface area (Å²) in [7, 11) is -3.58. The Morgan fingerprint density at radius 1 is 1.06 bits per heavy atom. The summed E-state index contributed by atoms with van der Waals surface area (Å²) in [5.74, 6) is -1.21. The summed E-state index contributed by atoms with van der Waals surface area (Å²) in [6, 6.07) is 16.5. The van der Waals surface area contributed by atoms with Crippen LogP contribution in [0.15, 0.2) is 59.5 Å². The van der Waals surface area contributed by atoms with E-state index in [-0.39, 0.29) is 23.9 Å². The molecule has 32 heavy (non-hydrogen) atoms. The maximum atomic E-state index is 12.8. The van der Waals surface area contributed by atoms with Crippen molar-refractivity contribution in [1.29, 1.82) is 0 Å². The number of carbonyl (C=O) groups excluding carboxylic acids is 2. The van der Waals surface area contributed by atoms with Gasteiger partial charge >= 0.3 is 5.97 Å². The fourth-order valence-corrected chi connectivity index (χ4v) is 5.10. The fourth-order valence-electron chi connectivity index (χ4n) is 3.63. The summed E-state index contributed by atoms with van der Waals surface area (Å²) in [5.41, 5.74) is 2.11. The molecule has 1 atom stereocenters. The van der Waals surface area contributed by atoms with E-state index in [9.17, 15) is 18.0 Å². The summed E-state index contributed by atoms with van der Waals surface area (Å²) >= 11 is 0. The van der Waals surface area contributed by atoms with Crippen LogP contribution in [0, 0.1) is 12.8 Å². The Balaban J connectivity index is 1.44. The molecule has 1 fully saturated rings. The van der Waals surface area contributed by atoms with Crippen LogP contribution in [0.2, 0.25) is 0 Å². The Labute approximate surface area is 189 Å². The maximum Gasteiger partial charge on any atom is 0.309 e. The van der Waals surface area contributed by atoms with Gasteiger partial charge in [0, 0.05) is 19.6 Å². The molecular weight excluding hydrogens is 428 g/mol. The zero-order valence-corrected chi connectivity index (χ0v) is 19.3. The molecule has 0 radical (unpaired) electrons. The van der Waals surface area contributed by atoms with Gasteiger partial charge in [-0.3, -0.25) is 9.59 Å². The molecule has 0 aromatic heterocycles. The Hall–Kier alpha value is -2.71. The van der Waals surface area contributed by atoms with Gasteiger partial charge < -0.3 is 10.1 Å². The topological polar surface area (TPSA) is 92.8 Å². The molecule has 1 aliphatic heterocycles. The van der Waals surface area contributed by atoms with Crippen LogP contribution in [0.25, 0.3) is 0 Å². The van der Waals surface area contributed by atoms with Crippen molar-refractivity contribution in [1.82, 2.24) is 9.62 Å². The van der Waals surface area contributed by atoms with Gasteiger partial charge in [0.2, 0.25) is 10.0 Å². The SMILES string of the molecule is Cc1ccc(S(=O)(=O)N2CCC(C(=O)OC(C)C(=O)NCCc3ccccc3)CC2)cc1. The van der Waals surface area contributed by atoms with Crippen LogP contribution in [0.1, 0.15) is 30.9 Å². The zero-order chi connectivity index (χ0) is 23.1. The van der Waals surface area contributed by atoms with Gasteiger partial charge in [-0.05, 0) is 50.8 Å². The molecule has 2 aromatic carbocycles. The highest BCUT2D eigenvalue weighted by atomic mass is 32.2. The third-order valence-corrected chi connectivity index (χ3v) is 7.58. The van der Waals surface area contributed by atoms with Crippen LogP contribution in [0.4, 0.5) is 0 Å². The molecule has 1 heterocycles. The van der Waals surface area contributed by atoms with Crippen molar-refractivity contribution in [2.45, 2.75) is 44.1 Å². The molecular formula is C24H30N2O5S. The van der Waals surface area contributed by atoms with Crippen molar-refractivity contribution in [3.05, 3.63) is 65.7 Å². The molecule has 0 bridgehead atoms. The van der Waals surface area contributed by atoms with Crippen molar-refractivity contribution in [2.75, 3.05) is 19.6 Å². The predicted molar refractivity (Wildman–Crippen MR) is 121 cm³/mol. The van der Waals surface area contributed by atoms with E-state index in [0.717, 1.165) is 11.1 Å². The minimum absolute atomic E-state index is 0.244. The van der Waals surface area contributed by atoms with Crippen LogP contribution in [-0.2, 0) is 30.8 Å². The number of sulfonamides is 1. The Bertz CT molecular complexity index is 1010. The minimum atomic E-state index is -3.58. The van der Waals surface area contributed by atoms with Crippen molar-refractivity contribution in [3.63, 3.8) is 0 Å². The third kappa shape index (κ3) is 6.17. The van der Waals surface area contributed by atoms with Crippen molar-refractivity contribution in [3.8, 4) is 0 Å². The fraction of sp³-hybridized carbons (Fsp3) is 0.417. The molecule has 172 valence electrons. The summed E-state index contributed by atoms with van der Waals surface area (Å²) < 4.78 is 32.4. The monoisotopic (exact) mass is 458 g/mol. The smallest absolute Gasteiger partial charge is 0.309 e. The first-order valence-electron chi connectivity index (χ1n) is 10.9. The van der Waals surface area contributed by atoms with E-state index in [1.54, 1.807) is 31.2 Å². The van der Waals surface area contributed by atoms with E-state index in [4.69, 9.17) is 4.74 Å². The van der Waals surface area contributed by atoms with E-state index >= 15 is 0 Å². The Morgan fingerprint density at radius 2 is 1.69 bits per heavy atom. The maximum absolute atomic E-state index is 12.8. The van der Waals surface area contributed by atoms with Gasteiger partial charge in [0.15, 0.2) is 6.10 Å². The second-order valence-electron chi connectivity index (χ2n) is 8.10. The number of aryl methyl sites for hydroxylation is 1. The van der Waals surface area contributed by atoms with Crippen molar-refractivity contribution in [2.24, 2.45) is 5.92 Å². The molecule has 1 saturated heterocycles. The molecule has 2 aromatic rings. The lowest BCUT2D eigenvalue weighted by Crippen LogP contribution is -2.42. The highest BCUT2D eigenvalue weighted by molar-refractivity contribution is 7.89. The zero-order valence-electron chi connectivity index (χ0n) is 18.5. The minimum Gasteiger partial charge on any atom is -0.452 e. The van der Waals surface area contributed by atoms with Gasteiger partial charge in [-0.25, -0.2) is 8.42 Å². The number of benzene rings is 2. The van der Waals surface area contributed by atoms with Crippen LogP contribution in [0.3, 0.4) is 0 Å². The van der Waals surface area contributed by atoms with Gasteiger partial charge in [0.1, 0.15) is 0 Å². The quantitative estimate of drug-likeness (QED) is 0.614. The Morgan fingerprint density at radius 3 is 2.31 bits per heavy atom. The van der Waals surface area contributed by atoms with Crippen LogP contribution >= 0.6 is 0 Å². The molecule has 1 aliphatic rings. The van der Waals surface area contributed by atoms with Crippen LogP contribution in [0.5, 0.6) is 0 Å². The Kier molecular flexibility index (Phi) is 8.04. The third-order valence-electron chi connectivity index (χ3n) is 5.66. The number of nitrogens with one attached hydrogen (secondary N) is 1. The van der Waals surface area contributed by atoms with E-state index in [1.165, 1.54) is 4.31 Å². The molecule has 3 rings (SSSR count). The average molecular weight is 459 g/mol. The molecule has 0 aliphatic carbocycles. The first kappa shape index (κ1) is 23.9. The number of hydrogen-bond donors (Lipinski definition) is 1. The highest BCUT2D eigenvalue weighted by Crippen LogP contribution is 2.25. The normalized spacial score (nSPS) is 16.3. The van der Waals surface area contributed by atoms with E-state index in [0.29, 0.717) is 25.8 Å². The van der Waals surface area contributed by atoms with Crippen LogP contribution in [-0.4, -0.2) is 50.3 Å². The van der Waals surface area contributed by atoms with Gasteiger partial charge in [0.05, 0.1) is 10.8 Å². The molecule has 1 N–H and O–H groups in total. The summed E-state index contributed by atoms with van der Waals surface area (Å²) in [5, 5.41) is 2.78. The molecule has 7 nitrogen and oxygen atoms in total. The molecule has 1 amide bonds. The molecule has 0 saturated carbocycles. The number of rotatable bonds is 8. The number of nitrogens with zero attached hydrogens (tertiary/aromatic N) is 1. The molecule has 1 unspecified atom stereocenters.